The first-order chi connectivity index (χ1) is 7.26. The number of aromatic amines is 1. The minimum Gasteiger partial charge on any atom is -0.465 e. The zero-order valence-electron chi connectivity index (χ0n) is 8.28. The Hall–Kier alpha value is -1.88. The van der Waals surface area contributed by atoms with Crippen LogP contribution in [0.4, 0.5) is 0 Å². The van der Waals surface area contributed by atoms with Crippen LogP contribution in [0.5, 0.6) is 0 Å². The number of benzene rings is 1. The molecule has 0 bridgehead atoms. The van der Waals surface area contributed by atoms with Gasteiger partial charge in [0.1, 0.15) is 0 Å². The SMILES string of the molecule is COC(=O)c1ccc2c(CN)[nH]nc2c1. The molecule has 3 N–H and O–H groups in total. The zero-order chi connectivity index (χ0) is 10.8. The first-order valence-electron chi connectivity index (χ1n) is 4.51. The third-order valence-corrected chi connectivity index (χ3v) is 2.26. The molecule has 0 amide bonds. The van der Waals surface area contributed by atoms with Crippen LogP contribution in [0.3, 0.4) is 0 Å². The Labute approximate surface area is 86.2 Å². The molecule has 0 fully saturated rings. The van der Waals surface area contributed by atoms with Crippen LogP contribution < -0.4 is 5.73 Å². The van der Waals surface area contributed by atoms with E-state index in [1.807, 2.05) is 6.07 Å². The lowest BCUT2D eigenvalue weighted by Gasteiger charge is -1.98. The van der Waals surface area contributed by atoms with Crippen molar-refractivity contribution in [3.05, 3.63) is 29.5 Å². The molecule has 5 heteroatoms. The van der Waals surface area contributed by atoms with Gasteiger partial charge in [-0.3, -0.25) is 5.10 Å². The molecule has 0 aliphatic carbocycles. The van der Waals surface area contributed by atoms with Crippen molar-refractivity contribution in [3.8, 4) is 0 Å². The molecule has 0 saturated heterocycles. The van der Waals surface area contributed by atoms with Crippen LogP contribution in [0.25, 0.3) is 10.9 Å². The van der Waals surface area contributed by atoms with Gasteiger partial charge >= 0.3 is 5.97 Å². The van der Waals surface area contributed by atoms with Crippen molar-refractivity contribution >= 4 is 16.9 Å². The number of aromatic nitrogens is 2. The van der Waals surface area contributed by atoms with Gasteiger partial charge in [-0.2, -0.15) is 5.10 Å². The summed E-state index contributed by atoms with van der Waals surface area (Å²) in [7, 11) is 1.35. The molecule has 1 aromatic heterocycles. The van der Waals surface area contributed by atoms with Gasteiger partial charge in [0, 0.05) is 11.9 Å². The predicted octanol–water partition coefficient (Wildman–Crippen LogP) is 0.808. The highest BCUT2D eigenvalue weighted by molar-refractivity contribution is 5.94. The standard InChI is InChI=1S/C10H11N3O2/c1-15-10(14)6-2-3-7-8(4-6)12-13-9(7)5-11/h2-4H,5,11H2,1H3,(H,12,13). The maximum atomic E-state index is 11.2. The van der Waals surface area contributed by atoms with Crippen LogP contribution in [0.1, 0.15) is 16.1 Å². The summed E-state index contributed by atoms with van der Waals surface area (Å²) in [6.07, 6.45) is 0. The smallest absolute Gasteiger partial charge is 0.337 e. The van der Waals surface area contributed by atoms with E-state index in [1.165, 1.54) is 7.11 Å². The molecule has 2 rings (SSSR count). The number of methoxy groups -OCH3 is 1. The first kappa shape index (κ1) is 9.67. The van der Waals surface area contributed by atoms with Crippen molar-refractivity contribution in [1.29, 1.82) is 0 Å². The highest BCUT2D eigenvalue weighted by Gasteiger charge is 2.09. The van der Waals surface area contributed by atoms with Crippen molar-refractivity contribution in [1.82, 2.24) is 10.2 Å². The van der Waals surface area contributed by atoms with Crippen LogP contribution in [0.2, 0.25) is 0 Å². The second kappa shape index (κ2) is 3.70. The number of nitrogens with one attached hydrogen (secondary N) is 1. The number of nitrogens with zero attached hydrogens (tertiary/aromatic N) is 1. The van der Waals surface area contributed by atoms with Crippen LogP contribution in [0.15, 0.2) is 18.2 Å². The molecule has 0 aliphatic heterocycles. The summed E-state index contributed by atoms with van der Waals surface area (Å²) in [5.74, 6) is -0.366. The Kier molecular flexibility index (Phi) is 2.39. The van der Waals surface area contributed by atoms with Crippen LogP contribution in [0, 0.1) is 0 Å². The average Bonchev–Trinajstić information content (AvgIpc) is 2.69. The Bertz CT molecular complexity index is 504. The number of fused-ring (bicyclic) bond motifs is 1. The Morgan fingerprint density at radius 2 is 2.40 bits per heavy atom. The number of hydrogen-bond acceptors (Lipinski definition) is 4. The molecule has 1 aromatic carbocycles. The minimum absolute atomic E-state index is 0.366. The Balaban J connectivity index is 2.53. The second-order valence-electron chi connectivity index (χ2n) is 3.13. The molecule has 0 radical (unpaired) electrons. The van der Waals surface area contributed by atoms with Crippen LogP contribution >= 0.6 is 0 Å². The maximum absolute atomic E-state index is 11.2. The number of esters is 1. The van der Waals surface area contributed by atoms with Crippen molar-refractivity contribution in [2.45, 2.75) is 6.54 Å². The van der Waals surface area contributed by atoms with E-state index in [9.17, 15) is 4.79 Å². The molecule has 0 saturated carbocycles. The third kappa shape index (κ3) is 1.57. The highest BCUT2D eigenvalue weighted by Crippen LogP contribution is 2.17. The van der Waals surface area contributed by atoms with Gasteiger partial charge in [-0.25, -0.2) is 4.79 Å². The van der Waals surface area contributed by atoms with E-state index in [1.54, 1.807) is 12.1 Å². The molecule has 5 nitrogen and oxygen atoms in total. The number of nitrogens with two attached hydrogens (primary N) is 1. The average molecular weight is 205 g/mol. The normalized spacial score (nSPS) is 10.5. The summed E-state index contributed by atoms with van der Waals surface area (Å²) in [5.41, 5.74) is 7.59. The third-order valence-electron chi connectivity index (χ3n) is 2.26. The topological polar surface area (TPSA) is 81.0 Å². The lowest BCUT2D eigenvalue weighted by Crippen LogP contribution is -2.00. The van der Waals surface area contributed by atoms with E-state index >= 15 is 0 Å². The van der Waals surface area contributed by atoms with Crippen LogP contribution in [-0.2, 0) is 11.3 Å². The molecule has 78 valence electrons. The van der Waals surface area contributed by atoms with Gasteiger partial charge in [0.25, 0.3) is 0 Å². The minimum atomic E-state index is -0.366. The summed E-state index contributed by atoms with van der Waals surface area (Å²) < 4.78 is 4.62. The van der Waals surface area contributed by atoms with Gasteiger partial charge in [0.2, 0.25) is 0 Å². The summed E-state index contributed by atoms with van der Waals surface area (Å²) in [4.78, 5) is 11.2. The summed E-state index contributed by atoms with van der Waals surface area (Å²) in [6.45, 7) is 0.397. The van der Waals surface area contributed by atoms with Gasteiger partial charge in [-0.1, -0.05) is 6.07 Å². The van der Waals surface area contributed by atoms with Gasteiger partial charge in [0.15, 0.2) is 0 Å². The molecular weight excluding hydrogens is 194 g/mol. The van der Waals surface area contributed by atoms with Crippen molar-refractivity contribution in [3.63, 3.8) is 0 Å². The fraction of sp³-hybridized carbons (Fsp3) is 0.200. The molecule has 2 aromatic rings. The number of H-pyrrole nitrogens is 1. The van der Waals surface area contributed by atoms with E-state index in [4.69, 9.17) is 5.73 Å². The fourth-order valence-electron chi connectivity index (χ4n) is 1.47. The second-order valence-corrected chi connectivity index (χ2v) is 3.13. The Morgan fingerprint density at radius 1 is 1.60 bits per heavy atom. The first-order valence-corrected chi connectivity index (χ1v) is 4.51. The van der Waals surface area contributed by atoms with Crippen LogP contribution in [-0.4, -0.2) is 23.3 Å². The summed E-state index contributed by atoms with van der Waals surface area (Å²) in [5, 5.41) is 7.81. The number of hydrogen-bond donors (Lipinski definition) is 2. The molecule has 1 heterocycles. The van der Waals surface area contributed by atoms with E-state index in [0.29, 0.717) is 12.1 Å². The number of carbonyl (C=O) groups is 1. The molecule has 0 atom stereocenters. The largest absolute Gasteiger partial charge is 0.465 e. The summed E-state index contributed by atoms with van der Waals surface area (Å²) in [6, 6.07) is 5.19. The lowest BCUT2D eigenvalue weighted by molar-refractivity contribution is 0.0601. The van der Waals surface area contributed by atoms with E-state index < -0.39 is 0 Å². The summed E-state index contributed by atoms with van der Waals surface area (Å²) >= 11 is 0. The number of rotatable bonds is 2. The van der Waals surface area contributed by atoms with Crippen molar-refractivity contribution < 1.29 is 9.53 Å². The van der Waals surface area contributed by atoms with Gasteiger partial charge in [0.05, 0.1) is 23.9 Å². The fourth-order valence-corrected chi connectivity index (χ4v) is 1.47. The van der Waals surface area contributed by atoms with Gasteiger partial charge in [-0.15, -0.1) is 0 Å². The van der Waals surface area contributed by atoms with Crippen molar-refractivity contribution in [2.75, 3.05) is 7.11 Å². The molecule has 0 aliphatic rings. The van der Waals surface area contributed by atoms with Gasteiger partial charge in [-0.05, 0) is 12.1 Å². The molecule has 0 spiro atoms. The lowest BCUT2D eigenvalue weighted by atomic mass is 10.1. The Morgan fingerprint density at radius 3 is 3.07 bits per heavy atom. The number of carbonyl (C=O) groups excluding carboxylic acids is 1. The monoisotopic (exact) mass is 205 g/mol. The molecule has 15 heavy (non-hydrogen) atoms. The highest BCUT2D eigenvalue weighted by atomic mass is 16.5. The zero-order valence-corrected chi connectivity index (χ0v) is 8.28. The quantitative estimate of drug-likeness (QED) is 0.711. The van der Waals surface area contributed by atoms with E-state index in [2.05, 4.69) is 14.9 Å². The van der Waals surface area contributed by atoms with E-state index in [-0.39, 0.29) is 5.97 Å². The molecular formula is C10H11N3O2. The maximum Gasteiger partial charge on any atom is 0.337 e. The van der Waals surface area contributed by atoms with Gasteiger partial charge < -0.3 is 10.5 Å². The predicted molar refractivity (Wildman–Crippen MR) is 55.3 cm³/mol. The van der Waals surface area contributed by atoms with E-state index in [0.717, 1.165) is 16.6 Å². The van der Waals surface area contributed by atoms with Crippen molar-refractivity contribution in [2.24, 2.45) is 5.73 Å². The number of ether oxygens (including phenoxy) is 1. The molecule has 0 unspecified atom stereocenters.